The van der Waals surface area contributed by atoms with Crippen LogP contribution in [0.2, 0.25) is 0 Å². The number of hydrogen-bond acceptors (Lipinski definition) is 3. The van der Waals surface area contributed by atoms with Crippen LogP contribution in [0.25, 0.3) is 28.6 Å². The maximum absolute atomic E-state index is 14.2. The average molecular weight is 530 g/mol. The SMILES string of the molecule is CC=Cc1cc(OC)c(-c2ccccc2C)c(C)c1-c1nc(C(=O)Nc2cccc(C(F)(F)CC)c2)c(C)[nH]1. The largest absolute Gasteiger partial charge is 0.496 e. The number of aryl methyl sites for hydroxylation is 2. The molecule has 1 amide bonds. The highest BCUT2D eigenvalue weighted by Crippen LogP contribution is 2.42. The molecule has 7 heteroatoms. The number of carbonyl (C=O) groups excluding carboxylic acids is 1. The number of amides is 1. The molecule has 0 aliphatic heterocycles. The van der Waals surface area contributed by atoms with Crippen LogP contribution in [0.5, 0.6) is 5.75 Å². The summed E-state index contributed by atoms with van der Waals surface area (Å²) in [6, 6.07) is 15.8. The highest BCUT2D eigenvalue weighted by molar-refractivity contribution is 6.04. The molecule has 0 radical (unpaired) electrons. The van der Waals surface area contributed by atoms with E-state index in [9.17, 15) is 13.6 Å². The summed E-state index contributed by atoms with van der Waals surface area (Å²) in [7, 11) is 1.65. The van der Waals surface area contributed by atoms with E-state index in [1.165, 1.54) is 25.1 Å². The Morgan fingerprint density at radius 1 is 1.08 bits per heavy atom. The van der Waals surface area contributed by atoms with E-state index in [2.05, 4.69) is 34.3 Å². The first-order valence-electron chi connectivity index (χ1n) is 12.9. The minimum atomic E-state index is -2.97. The molecule has 0 aliphatic carbocycles. The topological polar surface area (TPSA) is 67.0 Å². The van der Waals surface area contributed by atoms with E-state index < -0.39 is 11.8 Å². The van der Waals surface area contributed by atoms with Gasteiger partial charge in [0.15, 0.2) is 0 Å². The quantitative estimate of drug-likeness (QED) is 0.241. The summed E-state index contributed by atoms with van der Waals surface area (Å²) in [4.78, 5) is 21.2. The molecule has 3 aromatic carbocycles. The molecule has 0 spiro atoms. The molecule has 2 N–H and O–H groups in total. The first-order chi connectivity index (χ1) is 18.6. The lowest BCUT2D eigenvalue weighted by Gasteiger charge is -2.19. The molecule has 4 aromatic rings. The zero-order valence-electron chi connectivity index (χ0n) is 23.1. The lowest BCUT2D eigenvalue weighted by molar-refractivity contribution is -0.00824. The van der Waals surface area contributed by atoms with Gasteiger partial charge in [-0.15, -0.1) is 0 Å². The number of benzene rings is 3. The molecule has 202 valence electrons. The van der Waals surface area contributed by atoms with Crippen LogP contribution in [0, 0.1) is 20.8 Å². The average Bonchev–Trinajstić information content (AvgIpc) is 3.30. The number of methoxy groups -OCH3 is 1. The first-order valence-corrected chi connectivity index (χ1v) is 12.9. The molecule has 5 nitrogen and oxygen atoms in total. The van der Waals surface area contributed by atoms with Gasteiger partial charge in [0.2, 0.25) is 0 Å². The number of allylic oxidation sites excluding steroid dienone is 1. The summed E-state index contributed by atoms with van der Waals surface area (Å²) >= 11 is 0. The van der Waals surface area contributed by atoms with Crippen molar-refractivity contribution >= 4 is 17.7 Å². The molecular formula is C32H33F2N3O2. The van der Waals surface area contributed by atoms with Crippen LogP contribution < -0.4 is 10.1 Å². The van der Waals surface area contributed by atoms with Crippen LogP contribution in [-0.4, -0.2) is 23.0 Å². The van der Waals surface area contributed by atoms with Gasteiger partial charge in [0.05, 0.1) is 7.11 Å². The highest BCUT2D eigenvalue weighted by atomic mass is 19.3. The number of ether oxygens (including phenoxy) is 1. The lowest BCUT2D eigenvalue weighted by Crippen LogP contribution is -2.16. The summed E-state index contributed by atoms with van der Waals surface area (Å²) in [5.74, 6) is -2.18. The second-order valence-electron chi connectivity index (χ2n) is 9.51. The number of nitrogens with zero attached hydrogens (tertiary/aromatic N) is 1. The molecule has 0 unspecified atom stereocenters. The predicted molar refractivity (Wildman–Crippen MR) is 154 cm³/mol. The van der Waals surface area contributed by atoms with E-state index >= 15 is 0 Å². The molecule has 1 aromatic heterocycles. The summed E-state index contributed by atoms with van der Waals surface area (Å²) in [5.41, 5.74) is 6.69. The molecule has 4 rings (SSSR count). The molecule has 0 saturated carbocycles. The van der Waals surface area contributed by atoms with Gasteiger partial charge in [0.1, 0.15) is 17.3 Å². The van der Waals surface area contributed by atoms with Crippen molar-refractivity contribution in [2.45, 2.75) is 47.0 Å². The number of rotatable bonds is 8. The number of carbonyl (C=O) groups is 1. The molecule has 0 bridgehead atoms. The molecule has 0 saturated heterocycles. The van der Waals surface area contributed by atoms with Gasteiger partial charge in [-0.1, -0.05) is 55.5 Å². The number of halogens is 2. The predicted octanol–water partition coefficient (Wildman–Crippen LogP) is 8.46. The number of nitrogens with one attached hydrogen (secondary N) is 2. The molecule has 0 fully saturated rings. The molecule has 1 heterocycles. The number of imidazole rings is 1. The standard InChI is InChI=1S/C32H33F2N3O2/c1-7-12-22-17-26(39-6)28(25-16-10-9-13-19(25)3)20(4)27(22)30-35-21(5)29(37-30)31(38)36-24-15-11-14-23(18-24)32(33,34)8-2/h7,9-18H,8H2,1-6H3,(H,35,37)(H,36,38). The van der Waals surface area contributed by atoms with Gasteiger partial charge in [0.25, 0.3) is 11.8 Å². The third-order valence-corrected chi connectivity index (χ3v) is 6.88. The zero-order chi connectivity index (χ0) is 28.3. The van der Waals surface area contributed by atoms with E-state index in [0.717, 1.165) is 39.1 Å². The Labute approximate surface area is 228 Å². The monoisotopic (exact) mass is 529 g/mol. The van der Waals surface area contributed by atoms with Crippen LogP contribution in [0.15, 0.2) is 60.7 Å². The number of alkyl halides is 2. The van der Waals surface area contributed by atoms with E-state index in [4.69, 9.17) is 4.74 Å². The van der Waals surface area contributed by atoms with Crippen LogP contribution in [0.1, 0.15) is 58.7 Å². The van der Waals surface area contributed by atoms with Crippen molar-refractivity contribution in [1.29, 1.82) is 0 Å². The van der Waals surface area contributed by atoms with Crippen molar-refractivity contribution in [3.05, 3.63) is 94.3 Å². The van der Waals surface area contributed by atoms with Crippen molar-refractivity contribution in [1.82, 2.24) is 9.97 Å². The van der Waals surface area contributed by atoms with E-state index in [1.54, 1.807) is 20.1 Å². The van der Waals surface area contributed by atoms with Crippen molar-refractivity contribution in [3.63, 3.8) is 0 Å². The second kappa shape index (κ2) is 11.2. The fourth-order valence-electron chi connectivity index (χ4n) is 4.81. The molecule has 39 heavy (non-hydrogen) atoms. The summed E-state index contributed by atoms with van der Waals surface area (Å²) in [6.07, 6.45) is 3.59. The van der Waals surface area contributed by atoms with Gasteiger partial charge in [-0.25, -0.2) is 13.8 Å². The van der Waals surface area contributed by atoms with Crippen molar-refractivity contribution in [2.24, 2.45) is 0 Å². The Hall–Kier alpha value is -4.26. The van der Waals surface area contributed by atoms with Gasteiger partial charge in [-0.2, -0.15) is 0 Å². The summed E-state index contributed by atoms with van der Waals surface area (Å²) in [6.45, 7) is 9.20. The van der Waals surface area contributed by atoms with Crippen molar-refractivity contribution < 1.29 is 18.3 Å². The van der Waals surface area contributed by atoms with Gasteiger partial charge in [-0.3, -0.25) is 4.79 Å². The molecule has 0 aliphatic rings. The maximum atomic E-state index is 14.2. The first kappa shape index (κ1) is 27.8. The van der Waals surface area contributed by atoms with Gasteiger partial charge < -0.3 is 15.0 Å². The van der Waals surface area contributed by atoms with E-state index in [0.29, 0.717) is 11.5 Å². The van der Waals surface area contributed by atoms with Gasteiger partial charge >= 0.3 is 0 Å². The van der Waals surface area contributed by atoms with Crippen LogP contribution in [-0.2, 0) is 5.92 Å². The minimum absolute atomic E-state index is 0.143. The van der Waals surface area contributed by atoms with Crippen molar-refractivity contribution in [2.75, 3.05) is 12.4 Å². The van der Waals surface area contributed by atoms with Crippen LogP contribution in [0.4, 0.5) is 14.5 Å². The second-order valence-corrected chi connectivity index (χ2v) is 9.51. The van der Waals surface area contributed by atoms with Gasteiger partial charge in [-0.05, 0) is 68.1 Å². The Balaban J connectivity index is 1.79. The normalized spacial score (nSPS) is 11.7. The third kappa shape index (κ3) is 5.48. The highest BCUT2D eigenvalue weighted by Gasteiger charge is 2.29. The van der Waals surface area contributed by atoms with E-state index in [-0.39, 0.29) is 23.4 Å². The number of aromatic nitrogens is 2. The minimum Gasteiger partial charge on any atom is -0.496 e. The Morgan fingerprint density at radius 2 is 1.82 bits per heavy atom. The fourth-order valence-corrected chi connectivity index (χ4v) is 4.81. The molecular weight excluding hydrogens is 496 g/mol. The maximum Gasteiger partial charge on any atom is 0.276 e. The zero-order valence-corrected chi connectivity index (χ0v) is 23.1. The lowest BCUT2D eigenvalue weighted by atomic mass is 9.89. The summed E-state index contributed by atoms with van der Waals surface area (Å²) < 4.78 is 34.2. The smallest absolute Gasteiger partial charge is 0.276 e. The Morgan fingerprint density at radius 3 is 2.49 bits per heavy atom. The van der Waals surface area contributed by atoms with Crippen LogP contribution in [0.3, 0.4) is 0 Å². The Bertz CT molecular complexity index is 1550. The summed E-state index contributed by atoms with van der Waals surface area (Å²) in [5, 5.41) is 2.73. The van der Waals surface area contributed by atoms with Crippen molar-refractivity contribution in [3.8, 4) is 28.3 Å². The number of hydrogen-bond donors (Lipinski definition) is 2. The van der Waals surface area contributed by atoms with E-state index in [1.807, 2.05) is 44.2 Å². The number of aromatic amines is 1. The fraction of sp³-hybridized carbons (Fsp3) is 0.250. The Kier molecular flexibility index (Phi) is 8.00. The molecule has 0 atom stereocenters. The third-order valence-electron chi connectivity index (χ3n) is 6.88. The van der Waals surface area contributed by atoms with Gasteiger partial charge in [0, 0.05) is 34.5 Å². The number of H-pyrrole nitrogens is 1. The van der Waals surface area contributed by atoms with Crippen LogP contribution >= 0.6 is 0 Å². The number of anilines is 1.